The highest BCUT2D eigenvalue weighted by Gasteiger charge is 2.64. The van der Waals surface area contributed by atoms with Crippen LogP contribution in [0.4, 0.5) is 39.5 Å². The first-order chi connectivity index (χ1) is 17.9. The van der Waals surface area contributed by atoms with Crippen LogP contribution in [0.25, 0.3) is 0 Å². The lowest BCUT2D eigenvalue weighted by Gasteiger charge is -2.28. The number of carbonyl (C=O) groups excluding carboxylic acids is 2. The van der Waals surface area contributed by atoms with E-state index in [4.69, 9.17) is 0 Å². The van der Waals surface area contributed by atoms with Crippen molar-refractivity contribution < 1.29 is 53.9 Å². The maximum atomic E-state index is 14.1. The fourth-order valence-electron chi connectivity index (χ4n) is 3.54. The number of hydrogen-bond donors (Lipinski definition) is 2. The molecule has 0 spiro atoms. The summed E-state index contributed by atoms with van der Waals surface area (Å²) in [4.78, 5) is 28.5. The third-order valence-electron chi connectivity index (χ3n) is 5.38. The van der Waals surface area contributed by atoms with Gasteiger partial charge in [-0.3, -0.25) is 14.3 Å². The van der Waals surface area contributed by atoms with E-state index in [1.54, 1.807) is 6.07 Å². The third-order valence-corrected chi connectivity index (χ3v) is 5.38. The van der Waals surface area contributed by atoms with E-state index in [0.29, 0.717) is 4.68 Å². The van der Waals surface area contributed by atoms with Gasteiger partial charge in [-0.2, -0.15) is 49.9 Å². The number of rotatable bonds is 6. The number of nitrogens with one attached hydrogen (secondary N) is 2. The van der Waals surface area contributed by atoms with Crippen LogP contribution in [0, 0.1) is 11.3 Å². The molecule has 0 saturated carbocycles. The number of amides is 2. The van der Waals surface area contributed by atoms with Crippen LogP contribution < -0.4 is 10.6 Å². The zero-order valence-electron chi connectivity index (χ0n) is 19.3. The van der Waals surface area contributed by atoms with Crippen molar-refractivity contribution in [2.75, 3.05) is 13.1 Å². The van der Waals surface area contributed by atoms with E-state index in [-0.39, 0.29) is 17.2 Å². The first-order valence-corrected chi connectivity index (χ1v) is 10.5. The third kappa shape index (κ3) is 6.23. The second-order valence-corrected chi connectivity index (χ2v) is 8.11. The fourth-order valence-corrected chi connectivity index (χ4v) is 3.54. The van der Waals surface area contributed by atoms with Crippen molar-refractivity contribution in [3.05, 3.63) is 52.3 Å². The predicted molar refractivity (Wildman–Crippen MR) is 111 cm³/mol. The van der Waals surface area contributed by atoms with Crippen LogP contribution in [0.2, 0.25) is 0 Å². The van der Waals surface area contributed by atoms with Gasteiger partial charge in [0.1, 0.15) is 6.54 Å². The van der Waals surface area contributed by atoms with Gasteiger partial charge in [0.2, 0.25) is 5.91 Å². The number of aromatic nitrogens is 2. The molecular weight excluding hydrogens is 555 g/mol. The molecule has 39 heavy (non-hydrogen) atoms. The molecule has 9 nitrogen and oxygen atoms in total. The van der Waals surface area contributed by atoms with Crippen molar-refractivity contribution in [2.45, 2.75) is 30.6 Å². The Bertz CT molecular complexity index is 1350. The highest BCUT2D eigenvalue weighted by atomic mass is 19.4. The van der Waals surface area contributed by atoms with Gasteiger partial charge in [-0.05, 0) is 18.2 Å². The molecule has 1 aromatic carbocycles. The minimum absolute atomic E-state index is 0.143. The molecule has 1 aliphatic heterocycles. The smallest absolute Gasteiger partial charge is 0.372 e. The van der Waals surface area contributed by atoms with Gasteiger partial charge < -0.3 is 15.5 Å². The van der Waals surface area contributed by atoms with Crippen molar-refractivity contribution in [3.63, 3.8) is 0 Å². The Morgan fingerprint density at radius 3 is 2.31 bits per heavy atom. The zero-order valence-corrected chi connectivity index (χ0v) is 19.3. The quantitative estimate of drug-likeness (QED) is 0.517. The monoisotopic (exact) mass is 570 g/mol. The Hall–Kier alpha value is -4.30. The number of alkyl halides is 9. The van der Waals surface area contributed by atoms with Crippen LogP contribution in [-0.2, 0) is 28.5 Å². The van der Waals surface area contributed by atoms with Gasteiger partial charge in [-0.25, -0.2) is 0 Å². The van der Waals surface area contributed by atoms with E-state index in [1.807, 2.05) is 5.32 Å². The number of carbonyl (C=O) groups is 2. The van der Waals surface area contributed by atoms with Crippen LogP contribution in [0.15, 0.2) is 29.4 Å². The number of benzene rings is 1. The number of oxime groups is 1. The Labute approximate surface area is 212 Å². The summed E-state index contributed by atoms with van der Waals surface area (Å²) in [6.07, 6.45) is -16.1. The van der Waals surface area contributed by atoms with Crippen LogP contribution in [0.5, 0.6) is 0 Å². The van der Waals surface area contributed by atoms with Gasteiger partial charge >= 0.3 is 18.5 Å². The topological polar surface area (TPSA) is 121 Å². The largest absolute Gasteiger partial charge is 0.437 e. The zero-order chi connectivity index (χ0) is 29.4. The van der Waals surface area contributed by atoms with Crippen molar-refractivity contribution in [1.29, 1.82) is 5.26 Å². The molecule has 210 valence electrons. The van der Waals surface area contributed by atoms with Crippen LogP contribution in [-0.4, -0.2) is 52.7 Å². The summed E-state index contributed by atoms with van der Waals surface area (Å²) < 4.78 is 118. The fraction of sp³-hybridized carbons (Fsp3) is 0.381. The molecule has 2 heterocycles. The van der Waals surface area contributed by atoms with E-state index >= 15 is 0 Å². The van der Waals surface area contributed by atoms with Gasteiger partial charge in [-0.1, -0.05) is 11.2 Å². The van der Waals surface area contributed by atoms with Gasteiger partial charge in [0.15, 0.2) is 5.69 Å². The lowest BCUT2D eigenvalue weighted by molar-refractivity contribution is -0.278. The molecule has 0 fully saturated rings. The highest BCUT2D eigenvalue weighted by molar-refractivity contribution is 6.04. The molecule has 0 aliphatic carbocycles. The van der Waals surface area contributed by atoms with Crippen molar-refractivity contribution >= 4 is 17.5 Å². The van der Waals surface area contributed by atoms with Crippen molar-refractivity contribution in [1.82, 2.24) is 20.4 Å². The minimum atomic E-state index is -5.26. The number of nitriles is 1. The van der Waals surface area contributed by atoms with Gasteiger partial charge in [0, 0.05) is 12.6 Å². The Balaban J connectivity index is 1.83. The van der Waals surface area contributed by atoms with Crippen LogP contribution in [0.3, 0.4) is 0 Å². The Morgan fingerprint density at radius 1 is 1.10 bits per heavy atom. The second kappa shape index (κ2) is 10.1. The average molecular weight is 570 g/mol. The summed E-state index contributed by atoms with van der Waals surface area (Å²) in [6, 6.07) is 4.81. The first kappa shape index (κ1) is 29.3. The number of halogens is 9. The normalized spacial score (nSPS) is 17.7. The van der Waals surface area contributed by atoms with Crippen molar-refractivity contribution in [3.8, 4) is 6.07 Å². The average Bonchev–Trinajstić information content (AvgIpc) is 3.45. The highest BCUT2D eigenvalue weighted by Crippen LogP contribution is 2.49. The molecule has 1 aliphatic rings. The van der Waals surface area contributed by atoms with E-state index in [0.717, 1.165) is 25.2 Å². The maximum absolute atomic E-state index is 14.1. The molecule has 1 unspecified atom stereocenters. The Kier molecular flexibility index (Phi) is 7.59. The summed E-state index contributed by atoms with van der Waals surface area (Å²) in [7, 11) is 0.865. The molecule has 1 aromatic heterocycles. The molecule has 3 rings (SSSR count). The lowest BCUT2D eigenvalue weighted by atomic mass is 9.89. The summed E-state index contributed by atoms with van der Waals surface area (Å²) in [5.74, 6) is -2.23. The van der Waals surface area contributed by atoms with E-state index in [2.05, 4.69) is 15.1 Å². The van der Waals surface area contributed by atoms with E-state index < -0.39 is 78.1 Å². The van der Waals surface area contributed by atoms with Gasteiger partial charge in [-0.15, -0.1) is 0 Å². The summed E-state index contributed by atoms with van der Waals surface area (Å²) in [5, 5.41) is 19.4. The molecule has 2 N–H and O–H groups in total. The van der Waals surface area contributed by atoms with Gasteiger partial charge in [0.05, 0.1) is 41.6 Å². The predicted octanol–water partition coefficient (Wildman–Crippen LogP) is 3.30. The molecule has 18 heteroatoms. The second-order valence-electron chi connectivity index (χ2n) is 8.11. The van der Waals surface area contributed by atoms with E-state index in [1.165, 1.54) is 5.32 Å². The molecule has 0 bridgehead atoms. The first-order valence-electron chi connectivity index (χ1n) is 10.5. The molecule has 0 saturated heterocycles. The molecular formula is C21H15F9N6O3. The summed E-state index contributed by atoms with van der Waals surface area (Å²) in [5.41, 5.74) is -7.26. The maximum Gasteiger partial charge on any atom is 0.437 e. The lowest BCUT2D eigenvalue weighted by Crippen LogP contribution is -2.44. The number of aryl methyl sites for hydroxylation is 1. The Morgan fingerprint density at radius 2 is 1.77 bits per heavy atom. The van der Waals surface area contributed by atoms with Crippen molar-refractivity contribution in [2.24, 2.45) is 12.2 Å². The van der Waals surface area contributed by atoms with E-state index in [9.17, 15) is 54.4 Å². The van der Waals surface area contributed by atoms with Gasteiger partial charge in [0.25, 0.3) is 11.5 Å². The molecule has 2 aromatic rings. The minimum Gasteiger partial charge on any atom is -0.372 e. The van der Waals surface area contributed by atoms with Crippen LogP contribution >= 0.6 is 0 Å². The summed E-state index contributed by atoms with van der Waals surface area (Å²) >= 11 is 0. The molecule has 2 amide bonds. The molecule has 1 atom stereocenters. The number of hydrogen-bond acceptors (Lipinski definition) is 6. The standard InChI is InChI=1S/C21H15F9N6O3/c1-36-15(5-14(34-36)20(25,26)27)18(21(28,29)30)6-13(35-39-18)10-2-3-12(11(4-10)7-31)17(38)32-8-16(37)33-9-19(22,23)24/h2-5H,6,8-9H2,1H3,(H,32,38)(H,33,37). The molecule has 0 radical (unpaired) electrons. The summed E-state index contributed by atoms with van der Waals surface area (Å²) in [6.45, 7) is -2.51. The number of nitrogens with zero attached hydrogens (tertiary/aromatic N) is 4. The SMILES string of the molecule is Cn1nc(C(F)(F)F)cc1C1(C(F)(F)F)CC(c2ccc(C(=O)NCC(=O)NCC(F)(F)F)c(C#N)c2)=NO1. The van der Waals surface area contributed by atoms with Crippen LogP contribution in [0.1, 0.15) is 39.3 Å².